The highest BCUT2D eigenvalue weighted by Crippen LogP contribution is 2.08. The number of unbranched alkanes of at least 4 members (excludes halogenated alkanes) is 3. The molecule has 0 aromatic carbocycles. The van der Waals surface area contributed by atoms with E-state index in [4.69, 9.17) is 4.74 Å². The summed E-state index contributed by atoms with van der Waals surface area (Å²) in [5, 5.41) is 0. The molecule has 0 aliphatic rings. The van der Waals surface area contributed by atoms with E-state index in [0.29, 0.717) is 24.7 Å². The second kappa shape index (κ2) is 11.1. The normalized spacial score (nSPS) is 12.7. The maximum atomic E-state index is 11.0. The van der Waals surface area contributed by atoms with Gasteiger partial charge in [0.25, 0.3) is 0 Å². The summed E-state index contributed by atoms with van der Waals surface area (Å²) in [5.41, 5.74) is 0. The standard InChI is InChI=1S/C14H28O2/c1-4-6-7-8-10-13(3)16-12-9-11-14(15)5-2/h13H,4-12H2,1-3H3. The first kappa shape index (κ1) is 15.6. The lowest BCUT2D eigenvalue weighted by molar-refractivity contribution is -0.119. The van der Waals surface area contributed by atoms with Crippen molar-refractivity contribution in [2.24, 2.45) is 0 Å². The molecule has 2 heteroatoms. The molecular formula is C14H28O2. The lowest BCUT2D eigenvalue weighted by atomic mass is 10.1. The number of hydrogen-bond acceptors (Lipinski definition) is 2. The monoisotopic (exact) mass is 228 g/mol. The van der Waals surface area contributed by atoms with Crippen LogP contribution in [0.1, 0.15) is 72.1 Å². The largest absolute Gasteiger partial charge is 0.378 e. The quantitative estimate of drug-likeness (QED) is 0.497. The first-order valence-electron chi connectivity index (χ1n) is 6.84. The Balaban J connectivity index is 3.23. The fourth-order valence-electron chi connectivity index (χ4n) is 1.67. The molecular weight excluding hydrogens is 200 g/mol. The molecule has 0 aromatic rings. The summed E-state index contributed by atoms with van der Waals surface area (Å²) in [4.78, 5) is 11.0. The minimum Gasteiger partial charge on any atom is -0.378 e. The third-order valence-electron chi connectivity index (χ3n) is 2.86. The maximum Gasteiger partial charge on any atom is 0.132 e. The van der Waals surface area contributed by atoms with Crippen molar-refractivity contribution < 1.29 is 9.53 Å². The molecule has 0 rings (SSSR count). The number of carbonyl (C=O) groups is 1. The van der Waals surface area contributed by atoms with E-state index in [1.807, 2.05) is 6.92 Å². The van der Waals surface area contributed by atoms with Crippen LogP contribution < -0.4 is 0 Å². The molecule has 0 radical (unpaired) electrons. The molecule has 0 aliphatic carbocycles. The highest BCUT2D eigenvalue weighted by Gasteiger charge is 2.03. The van der Waals surface area contributed by atoms with E-state index in [1.54, 1.807) is 0 Å². The van der Waals surface area contributed by atoms with Gasteiger partial charge >= 0.3 is 0 Å². The third kappa shape index (κ3) is 10.2. The molecule has 0 aliphatic heterocycles. The third-order valence-corrected chi connectivity index (χ3v) is 2.86. The van der Waals surface area contributed by atoms with Crippen LogP contribution in [0.2, 0.25) is 0 Å². The molecule has 0 amide bonds. The van der Waals surface area contributed by atoms with Crippen LogP contribution in [-0.2, 0) is 9.53 Å². The van der Waals surface area contributed by atoms with E-state index in [2.05, 4.69) is 13.8 Å². The minimum atomic E-state index is 0.346. The Bertz CT molecular complexity index is 166. The minimum absolute atomic E-state index is 0.346. The van der Waals surface area contributed by atoms with Crippen LogP contribution in [0.4, 0.5) is 0 Å². The molecule has 0 fully saturated rings. The summed E-state index contributed by atoms with van der Waals surface area (Å²) < 4.78 is 5.66. The van der Waals surface area contributed by atoms with Gasteiger partial charge in [-0.15, -0.1) is 0 Å². The molecule has 0 heterocycles. The molecule has 0 saturated heterocycles. The Kier molecular flexibility index (Phi) is 10.9. The maximum absolute atomic E-state index is 11.0. The van der Waals surface area contributed by atoms with Gasteiger partial charge in [0.1, 0.15) is 5.78 Å². The number of Topliss-reactive ketones (excluding diaryl/α,β-unsaturated/α-hetero) is 1. The van der Waals surface area contributed by atoms with Crippen LogP contribution in [0.3, 0.4) is 0 Å². The van der Waals surface area contributed by atoms with Gasteiger partial charge in [0.15, 0.2) is 0 Å². The average Bonchev–Trinajstić information content (AvgIpc) is 2.30. The fourth-order valence-corrected chi connectivity index (χ4v) is 1.67. The van der Waals surface area contributed by atoms with Crippen molar-refractivity contribution in [3.63, 3.8) is 0 Å². The predicted molar refractivity (Wildman–Crippen MR) is 68.7 cm³/mol. The van der Waals surface area contributed by atoms with Gasteiger partial charge in [-0.3, -0.25) is 4.79 Å². The number of ketones is 1. The van der Waals surface area contributed by atoms with E-state index in [9.17, 15) is 4.79 Å². The van der Waals surface area contributed by atoms with Crippen LogP contribution in [0, 0.1) is 0 Å². The summed E-state index contributed by atoms with van der Waals surface area (Å²) in [6.45, 7) is 7.01. The Hall–Kier alpha value is -0.370. The molecule has 96 valence electrons. The van der Waals surface area contributed by atoms with Crippen molar-refractivity contribution in [1.29, 1.82) is 0 Å². The topological polar surface area (TPSA) is 26.3 Å². The summed E-state index contributed by atoms with van der Waals surface area (Å²) in [5.74, 6) is 0.346. The van der Waals surface area contributed by atoms with Crippen LogP contribution in [-0.4, -0.2) is 18.5 Å². The van der Waals surface area contributed by atoms with Crippen LogP contribution in [0.25, 0.3) is 0 Å². The molecule has 2 nitrogen and oxygen atoms in total. The van der Waals surface area contributed by atoms with E-state index < -0.39 is 0 Å². The van der Waals surface area contributed by atoms with Gasteiger partial charge in [-0.2, -0.15) is 0 Å². The Morgan fingerprint density at radius 3 is 2.50 bits per heavy atom. The first-order valence-corrected chi connectivity index (χ1v) is 6.84. The molecule has 0 saturated carbocycles. The van der Waals surface area contributed by atoms with Gasteiger partial charge in [0, 0.05) is 19.4 Å². The van der Waals surface area contributed by atoms with Crippen LogP contribution in [0.5, 0.6) is 0 Å². The molecule has 0 spiro atoms. The molecule has 1 atom stereocenters. The highest BCUT2D eigenvalue weighted by atomic mass is 16.5. The van der Waals surface area contributed by atoms with E-state index in [-0.39, 0.29) is 0 Å². The molecule has 0 aromatic heterocycles. The van der Waals surface area contributed by atoms with Crippen molar-refractivity contribution in [3.05, 3.63) is 0 Å². The molecule has 0 bridgehead atoms. The number of carbonyl (C=O) groups excluding carboxylic acids is 1. The second-order valence-electron chi connectivity index (χ2n) is 4.53. The van der Waals surface area contributed by atoms with Crippen LogP contribution in [0.15, 0.2) is 0 Å². The zero-order valence-electron chi connectivity index (χ0n) is 11.3. The first-order chi connectivity index (χ1) is 7.70. The number of hydrogen-bond donors (Lipinski definition) is 0. The second-order valence-corrected chi connectivity index (χ2v) is 4.53. The van der Waals surface area contributed by atoms with Gasteiger partial charge in [0.05, 0.1) is 6.10 Å². The molecule has 1 unspecified atom stereocenters. The summed E-state index contributed by atoms with van der Waals surface area (Å²) >= 11 is 0. The Labute approximate surface area is 101 Å². The Morgan fingerprint density at radius 1 is 1.12 bits per heavy atom. The van der Waals surface area contributed by atoms with Crippen LogP contribution >= 0.6 is 0 Å². The van der Waals surface area contributed by atoms with E-state index in [1.165, 1.54) is 25.7 Å². The SMILES string of the molecule is CCCCCCC(C)OCCCC(=O)CC. The lowest BCUT2D eigenvalue weighted by Gasteiger charge is -2.12. The molecule has 0 N–H and O–H groups in total. The summed E-state index contributed by atoms with van der Waals surface area (Å²) in [7, 11) is 0. The highest BCUT2D eigenvalue weighted by molar-refractivity contribution is 5.77. The van der Waals surface area contributed by atoms with Gasteiger partial charge in [-0.25, -0.2) is 0 Å². The van der Waals surface area contributed by atoms with Gasteiger partial charge in [-0.05, 0) is 19.8 Å². The molecule has 16 heavy (non-hydrogen) atoms. The van der Waals surface area contributed by atoms with Gasteiger partial charge in [0.2, 0.25) is 0 Å². The number of ether oxygens (including phenoxy) is 1. The van der Waals surface area contributed by atoms with Gasteiger partial charge in [-0.1, -0.05) is 39.5 Å². The van der Waals surface area contributed by atoms with E-state index in [0.717, 1.165) is 19.4 Å². The summed E-state index contributed by atoms with van der Waals surface area (Å²) in [6.07, 6.45) is 8.93. The van der Waals surface area contributed by atoms with Gasteiger partial charge < -0.3 is 4.74 Å². The van der Waals surface area contributed by atoms with Crippen molar-refractivity contribution in [1.82, 2.24) is 0 Å². The van der Waals surface area contributed by atoms with Crippen molar-refractivity contribution >= 4 is 5.78 Å². The predicted octanol–water partition coefficient (Wildman–Crippen LogP) is 4.12. The van der Waals surface area contributed by atoms with E-state index >= 15 is 0 Å². The fraction of sp³-hybridized carbons (Fsp3) is 0.929. The van der Waals surface area contributed by atoms with Crippen molar-refractivity contribution in [2.45, 2.75) is 78.2 Å². The Morgan fingerprint density at radius 2 is 1.88 bits per heavy atom. The van der Waals surface area contributed by atoms with Crippen molar-refractivity contribution in [2.75, 3.05) is 6.61 Å². The summed E-state index contributed by atoms with van der Waals surface area (Å²) in [6, 6.07) is 0. The van der Waals surface area contributed by atoms with Crippen molar-refractivity contribution in [3.8, 4) is 0 Å². The smallest absolute Gasteiger partial charge is 0.132 e. The average molecular weight is 228 g/mol. The zero-order valence-corrected chi connectivity index (χ0v) is 11.3. The lowest BCUT2D eigenvalue weighted by Crippen LogP contribution is -2.10. The number of rotatable bonds is 11. The zero-order chi connectivity index (χ0) is 12.2.